The van der Waals surface area contributed by atoms with E-state index in [0.717, 1.165) is 6.42 Å². The van der Waals surface area contributed by atoms with Gasteiger partial charge in [0.05, 0.1) is 16.9 Å². The average molecular weight is 435 g/mol. The summed E-state index contributed by atoms with van der Waals surface area (Å²) in [6, 6.07) is 0. The lowest BCUT2D eigenvalue weighted by atomic mass is 9.70. The van der Waals surface area contributed by atoms with Crippen molar-refractivity contribution in [3.63, 3.8) is 0 Å². The van der Waals surface area contributed by atoms with E-state index in [-0.39, 0.29) is 50.8 Å². The molecule has 0 saturated heterocycles. The summed E-state index contributed by atoms with van der Waals surface area (Å²) in [5.41, 5.74) is -1.18. The summed E-state index contributed by atoms with van der Waals surface area (Å²) < 4.78 is 32.6. The molecule has 2 fully saturated rings. The lowest BCUT2D eigenvalue weighted by molar-refractivity contribution is -0.128. The first kappa shape index (κ1) is 23.9. The van der Waals surface area contributed by atoms with Crippen molar-refractivity contribution >= 4 is 32.0 Å². The summed E-state index contributed by atoms with van der Waals surface area (Å²) in [4.78, 5) is 25.4. The van der Waals surface area contributed by atoms with Crippen molar-refractivity contribution in [1.29, 1.82) is 0 Å². The number of rotatable bonds is 9. The third kappa shape index (κ3) is 3.83. The molecule has 0 aromatic heterocycles. The Kier molecular flexibility index (Phi) is 6.56. The van der Waals surface area contributed by atoms with E-state index in [4.69, 9.17) is 3.63 Å². The molecule has 164 valence electrons. The van der Waals surface area contributed by atoms with E-state index in [2.05, 4.69) is 0 Å². The number of ketones is 2. The maximum atomic E-state index is 13.3. The number of carbonyl (C=O) groups excluding carboxylic acids is 2. The normalized spacial score (nSPS) is 28.0. The number of Topliss-reactive ketones (excluding diaryl/α,β-unsaturated/α-hetero) is 2. The molecule has 2 aliphatic rings. The fourth-order valence-electron chi connectivity index (χ4n) is 5.07. The van der Waals surface area contributed by atoms with Crippen molar-refractivity contribution in [3.05, 3.63) is 0 Å². The largest absolute Gasteiger partial charge is 0.299 e. The molecule has 5 nitrogen and oxygen atoms in total. The van der Waals surface area contributed by atoms with Gasteiger partial charge in [-0.15, -0.1) is 10.3 Å². The van der Waals surface area contributed by atoms with Gasteiger partial charge in [0, 0.05) is 22.8 Å². The molecule has 2 unspecified atom stereocenters. The Labute approximate surface area is 173 Å². The molecule has 0 aliphatic heterocycles. The van der Waals surface area contributed by atoms with E-state index in [9.17, 15) is 18.0 Å². The second-order valence-electron chi connectivity index (χ2n) is 10.1. The van der Waals surface area contributed by atoms with Gasteiger partial charge >= 0.3 is 0 Å². The van der Waals surface area contributed by atoms with Crippen LogP contribution >= 0.6 is 10.3 Å². The number of hydrogen-bond donors (Lipinski definition) is 0. The van der Waals surface area contributed by atoms with Gasteiger partial charge in [-0.05, 0) is 24.2 Å². The Morgan fingerprint density at radius 2 is 1.64 bits per heavy atom. The fraction of sp³-hybridized carbons (Fsp3) is 0.905. The molecular weight excluding hydrogens is 396 g/mol. The molecule has 0 heterocycles. The Morgan fingerprint density at radius 1 is 1.11 bits per heavy atom. The van der Waals surface area contributed by atoms with Crippen LogP contribution in [-0.2, 0) is 23.3 Å². The lowest BCUT2D eigenvalue weighted by Crippen LogP contribution is -2.43. The standard InChI is InChI=1S/C21H38O5S2/c1-14(2)18(22)12-27(15(3)4,16(5)6)26-28(24,25)13-21-10-9-17(11-19(21)23)20(21,7)8/h14-17H,9-13H2,1-8H3. The molecule has 0 spiro atoms. The summed E-state index contributed by atoms with van der Waals surface area (Å²) in [6.45, 7) is 15.5. The maximum Gasteiger partial charge on any atom is 0.277 e. The van der Waals surface area contributed by atoms with E-state index in [1.807, 2.05) is 55.4 Å². The van der Waals surface area contributed by atoms with Crippen LogP contribution in [0.1, 0.15) is 74.7 Å². The van der Waals surface area contributed by atoms with Crippen molar-refractivity contribution in [2.75, 3.05) is 11.5 Å². The SMILES string of the molecule is CC(C)C(=O)CS(OS(=O)(=O)CC12CCC(CC1=O)C2(C)C)(C(C)C)C(C)C. The molecule has 2 atom stereocenters. The van der Waals surface area contributed by atoms with Gasteiger partial charge in [0.1, 0.15) is 11.6 Å². The van der Waals surface area contributed by atoms with Gasteiger partial charge in [-0.3, -0.25) is 9.59 Å². The first-order chi connectivity index (χ1) is 12.6. The minimum Gasteiger partial charge on any atom is -0.299 e. The molecule has 0 amide bonds. The molecule has 7 heteroatoms. The van der Waals surface area contributed by atoms with Crippen LogP contribution in [0.15, 0.2) is 0 Å². The smallest absolute Gasteiger partial charge is 0.277 e. The molecule has 2 saturated carbocycles. The van der Waals surface area contributed by atoms with Crippen LogP contribution in [-0.4, -0.2) is 42.0 Å². The van der Waals surface area contributed by atoms with Gasteiger partial charge in [0.25, 0.3) is 10.1 Å². The zero-order valence-corrected chi connectivity index (χ0v) is 20.3. The third-order valence-corrected chi connectivity index (χ3v) is 14.0. The molecule has 0 N–H and O–H groups in total. The second-order valence-corrected chi connectivity index (χ2v) is 15.8. The van der Waals surface area contributed by atoms with Crippen LogP contribution in [0.3, 0.4) is 0 Å². The highest BCUT2D eigenvalue weighted by Crippen LogP contribution is 2.65. The minimum atomic E-state index is -3.97. The van der Waals surface area contributed by atoms with Crippen LogP contribution in [0.5, 0.6) is 0 Å². The molecule has 0 aromatic carbocycles. The minimum absolute atomic E-state index is 0.0315. The first-order valence-electron chi connectivity index (χ1n) is 10.4. The highest BCUT2D eigenvalue weighted by Gasteiger charge is 2.65. The van der Waals surface area contributed by atoms with Crippen molar-refractivity contribution in [2.24, 2.45) is 22.7 Å². The molecule has 2 aliphatic carbocycles. The summed E-state index contributed by atoms with van der Waals surface area (Å²) in [5, 5.41) is -0.155. The quantitative estimate of drug-likeness (QED) is 0.534. The number of hydrogen-bond acceptors (Lipinski definition) is 5. The van der Waals surface area contributed by atoms with Crippen LogP contribution in [0.25, 0.3) is 0 Å². The molecule has 2 bridgehead atoms. The molecule has 28 heavy (non-hydrogen) atoms. The summed E-state index contributed by atoms with van der Waals surface area (Å²) in [5.74, 6) is 0.0709. The highest BCUT2D eigenvalue weighted by molar-refractivity contribution is 8.34. The van der Waals surface area contributed by atoms with Gasteiger partial charge < -0.3 is 0 Å². The molecule has 0 aromatic rings. The molecule has 0 radical (unpaired) electrons. The average Bonchev–Trinajstić information content (AvgIpc) is 2.86. The van der Waals surface area contributed by atoms with Crippen LogP contribution in [0.2, 0.25) is 0 Å². The van der Waals surface area contributed by atoms with Crippen LogP contribution in [0, 0.1) is 22.7 Å². The summed E-state index contributed by atoms with van der Waals surface area (Å²) in [6.07, 6.45) is 1.98. The zero-order valence-electron chi connectivity index (χ0n) is 18.7. The van der Waals surface area contributed by atoms with E-state index in [1.165, 1.54) is 0 Å². The van der Waals surface area contributed by atoms with Crippen molar-refractivity contribution in [2.45, 2.75) is 85.2 Å². The Balaban J connectivity index is 2.38. The van der Waals surface area contributed by atoms with Crippen molar-refractivity contribution in [1.82, 2.24) is 0 Å². The third-order valence-electron chi connectivity index (χ3n) is 7.40. The fourth-order valence-corrected chi connectivity index (χ4v) is 12.1. The Morgan fingerprint density at radius 3 is 2.00 bits per heavy atom. The van der Waals surface area contributed by atoms with Gasteiger partial charge in [-0.1, -0.05) is 55.4 Å². The topological polar surface area (TPSA) is 77.5 Å². The van der Waals surface area contributed by atoms with Crippen LogP contribution in [0.4, 0.5) is 0 Å². The van der Waals surface area contributed by atoms with Gasteiger partial charge in [0.2, 0.25) is 0 Å². The lowest BCUT2D eigenvalue weighted by Gasteiger charge is -2.46. The Hall–Kier alpha value is -0.400. The number of fused-ring (bicyclic) bond motifs is 2. The van der Waals surface area contributed by atoms with Crippen molar-refractivity contribution in [3.8, 4) is 0 Å². The maximum absolute atomic E-state index is 13.3. The predicted octanol–water partition coefficient (Wildman–Crippen LogP) is 4.49. The van der Waals surface area contributed by atoms with Gasteiger partial charge in [-0.2, -0.15) is 8.42 Å². The van der Waals surface area contributed by atoms with Crippen molar-refractivity contribution < 1.29 is 21.6 Å². The Bertz CT molecular complexity index is 728. The summed E-state index contributed by atoms with van der Waals surface area (Å²) >= 11 is 0. The monoisotopic (exact) mass is 434 g/mol. The molecule has 2 rings (SSSR count). The summed E-state index contributed by atoms with van der Waals surface area (Å²) in [7, 11) is -6.17. The number of carbonyl (C=O) groups is 2. The zero-order chi connectivity index (χ0) is 21.7. The van der Waals surface area contributed by atoms with E-state index in [1.54, 1.807) is 0 Å². The van der Waals surface area contributed by atoms with Crippen LogP contribution < -0.4 is 0 Å². The molecular formula is C21H38O5S2. The van der Waals surface area contributed by atoms with E-state index < -0.39 is 25.8 Å². The van der Waals surface area contributed by atoms with Gasteiger partial charge in [0.15, 0.2) is 0 Å². The predicted molar refractivity (Wildman–Crippen MR) is 116 cm³/mol. The van der Waals surface area contributed by atoms with Gasteiger partial charge in [-0.25, -0.2) is 3.63 Å². The van der Waals surface area contributed by atoms with E-state index in [0.29, 0.717) is 12.8 Å². The second kappa shape index (κ2) is 7.69. The highest BCUT2D eigenvalue weighted by atomic mass is 32.3. The first-order valence-corrected chi connectivity index (χ1v) is 13.8. The van der Waals surface area contributed by atoms with E-state index >= 15 is 0 Å².